The van der Waals surface area contributed by atoms with Crippen molar-refractivity contribution in [2.45, 2.75) is 26.1 Å². The van der Waals surface area contributed by atoms with E-state index in [1.807, 2.05) is 23.0 Å². The molecule has 0 saturated heterocycles. The minimum atomic E-state index is 0.223. The van der Waals surface area contributed by atoms with Crippen molar-refractivity contribution in [3.05, 3.63) is 77.6 Å². The van der Waals surface area contributed by atoms with Crippen LogP contribution in [0.1, 0.15) is 29.7 Å². The van der Waals surface area contributed by atoms with Crippen molar-refractivity contribution in [2.24, 2.45) is 0 Å². The lowest BCUT2D eigenvalue weighted by Gasteiger charge is -2.21. The van der Waals surface area contributed by atoms with Crippen molar-refractivity contribution in [1.29, 1.82) is 0 Å². The second-order valence-electron chi connectivity index (χ2n) is 6.53. The first-order chi connectivity index (χ1) is 12.8. The molecule has 0 fully saturated rings. The Morgan fingerprint density at radius 2 is 1.88 bits per heavy atom. The van der Waals surface area contributed by atoms with Gasteiger partial charge in [0.15, 0.2) is 11.5 Å². The van der Waals surface area contributed by atoms with Gasteiger partial charge in [-0.1, -0.05) is 30.3 Å². The molecule has 4 rings (SSSR count). The Balaban J connectivity index is 1.39. The fraction of sp³-hybridized carbons (Fsp3) is 0.286. The maximum atomic E-state index is 5.68. The zero-order valence-electron chi connectivity index (χ0n) is 14.9. The monoisotopic (exact) mass is 349 g/mol. The zero-order chi connectivity index (χ0) is 17.8. The summed E-state index contributed by atoms with van der Waals surface area (Å²) in [5.41, 5.74) is 3.71. The Morgan fingerprint density at radius 3 is 2.73 bits per heavy atom. The van der Waals surface area contributed by atoms with E-state index in [2.05, 4.69) is 53.7 Å². The number of hydrogen-bond donors (Lipinski definition) is 1. The minimum absolute atomic E-state index is 0.223. The highest BCUT2D eigenvalue weighted by Gasteiger charge is 2.14. The first-order valence-electron chi connectivity index (χ1n) is 8.96. The molecular weight excluding hydrogens is 326 g/mol. The molecule has 1 atom stereocenters. The molecule has 1 aliphatic rings. The summed E-state index contributed by atoms with van der Waals surface area (Å²) in [6, 6.07) is 16.9. The van der Waals surface area contributed by atoms with Gasteiger partial charge in [0.25, 0.3) is 0 Å². The van der Waals surface area contributed by atoms with Crippen LogP contribution in [0.15, 0.2) is 60.9 Å². The van der Waals surface area contributed by atoms with Gasteiger partial charge in [0.05, 0.1) is 6.54 Å². The molecule has 5 nitrogen and oxygen atoms in total. The van der Waals surface area contributed by atoms with Crippen LogP contribution in [0.2, 0.25) is 0 Å². The molecule has 0 aliphatic carbocycles. The zero-order valence-corrected chi connectivity index (χ0v) is 14.9. The van der Waals surface area contributed by atoms with E-state index in [0.29, 0.717) is 13.2 Å². The molecule has 1 aromatic heterocycles. The molecule has 0 spiro atoms. The lowest BCUT2D eigenvalue weighted by Crippen LogP contribution is -2.19. The normalized spacial score (nSPS) is 14.2. The molecular formula is C21H23N3O2. The summed E-state index contributed by atoms with van der Waals surface area (Å²) < 4.78 is 13.2. The van der Waals surface area contributed by atoms with Crippen LogP contribution in [0, 0.1) is 0 Å². The van der Waals surface area contributed by atoms with E-state index < -0.39 is 0 Å². The van der Waals surface area contributed by atoms with Crippen LogP contribution in [0.25, 0.3) is 0 Å². The van der Waals surface area contributed by atoms with Crippen LogP contribution in [0.4, 0.5) is 0 Å². The molecule has 1 unspecified atom stereocenters. The fourth-order valence-corrected chi connectivity index (χ4v) is 3.14. The molecule has 0 amide bonds. The van der Waals surface area contributed by atoms with E-state index in [0.717, 1.165) is 24.6 Å². The lowest BCUT2D eigenvalue weighted by molar-refractivity contribution is 0.171. The van der Waals surface area contributed by atoms with E-state index >= 15 is 0 Å². The smallest absolute Gasteiger partial charge is 0.161 e. The summed E-state index contributed by atoms with van der Waals surface area (Å²) in [6.45, 7) is 5.00. The van der Waals surface area contributed by atoms with Crippen LogP contribution >= 0.6 is 0 Å². The average molecular weight is 349 g/mol. The lowest BCUT2D eigenvalue weighted by atomic mass is 10.1. The van der Waals surface area contributed by atoms with Crippen molar-refractivity contribution in [3.63, 3.8) is 0 Å². The number of hydrogen-bond acceptors (Lipinski definition) is 4. The third kappa shape index (κ3) is 3.89. The maximum Gasteiger partial charge on any atom is 0.161 e. The van der Waals surface area contributed by atoms with Crippen molar-refractivity contribution in [3.8, 4) is 11.5 Å². The summed E-state index contributed by atoms with van der Waals surface area (Å²) in [4.78, 5) is 0. The van der Waals surface area contributed by atoms with Gasteiger partial charge in [0, 0.05) is 25.0 Å². The van der Waals surface area contributed by atoms with Crippen molar-refractivity contribution in [1.82, 2.24) is 15.1 Å². The predicted molar refractivity (Wildman–Crippen MR) is 100 cm³/mol. The maximum absolute atomic E-state index is 5.68. The van der Waals surface area contributed by atoms with Gasteiger partial charge in [-0.15, -0.1) is 0 Å². The van der Waals surface area contributed by atoms with E-state index in [1.165, 1.54) is 16.7 Å². The first-order valence-corrected chi connectivity index (χ1v) is 8.96. The predicted octanol–water partition coefficient (Wildman–Crippen LogP) is 3.55. The Hall–Kier alpha value is -2.79. The number of nitrogens with one attached hydrogen (secondary N) is 1. The highest BCUT2D eigenvalue weighted by Crippen LogP contribution is 2.32. The van der Waals surface area contributed by atoms with Gasteiger partial charge in [-0.05, 0) is 41.8 Å². The summed E-state index contributed by atoms with van der Waals surface area (Å²) in [6.07, 6.45) is 3.79. The quantitative estimate of drug-likeness (QED) is 0.739. The Bertz CT molecular complexity index is 861. The van der Waals surface area contributed by atoms with Crippen molar-refractivity contribution >= 4 is 0 Å². The Kier molecular flexibility index (Phi) is 4.88. The van der Waals surface area contributed by atoms with Gasteiger partial charge in [-0.2, -0.15) is 5.10 Å². The third-order valence-corrected chi connectivity index (χ3v) is 4.57. The number of aromatic nitrogens is 2. The van der Waals surface area contributed by atoms with E-state index in [4.69, 9.17) is 9.47 Å². The molecule has 0 saturated carbocycles. The topological polar surface area (TPSA) is 48.3 Å². The van der Waals surface area contributed by atoms with Crippen LogP contribution in [0.3, 0.4) is 0 Å². The van der Waals surface area contributed by atoms with Gasteiger partial charge in [-0.3, -0.25) is 4.68 Å². The van der Waals surface area contributed by atoms with Crippen LogP contribution in [-0.4, -0.2) is 23.0 Å². The van der Waals surface area contributed by atoms with E-state index in [9.17, 15) is 0 Å². The molecule has 0 bridgehead atoms. The SMILES string of the molecule is CC(NCc1cccc(Cn2cccn2)c1)c1ccc2c(c1)OCCO2. The Labute approximate surface area is 153 Å². The molecule has 0 radical (unpaired) electrons. The second-order valence-corrected chi connectivity index (χ2v) is 6.53. The molecule has 5 heteroatoms. The largest absolute Gasteiger partial charge is 0.486 e. The van der Waals surface area contributed by atoms with Gasteiger partial charge in [0.2, 0.25) is 0 Å². The van der Waals surface area contributed by atoms with Crippen LogP contribution in [0.5, 0.6) is 11.5 Å². The van der Waals surface area contributed by atoms with Crippen LogP contribution < -0.4 is 14.8 Å². The summed E-state index contributed by atoms with van der Waals surface area (Å²) in [5.74, 6) is 1.67. The number of fused-ring (bicyclic) bond motifs is 1. The van der Waals surface area contributed by atoms with Crippen molar-refractivity contribution in [2.75, 3.05) is 13.2 Å². The molecule has 1 N–H and O–H groups in total. The highest BCUT2D eigenvalue weighted by molar-refractivity contribution is 5.44. The number of nitrogens with zero attached hydrogens (tertiary/aromatic N) is 2. The van der Waals surface area contributed by atoms with Gasteiger partial charge < -0.3 is 14.8 Å². The molecule has 3 aromatic rings. The van der Waals surface area contributed by atoms with E-state index in [1.54, 1.807) is 6.20 Å². The molecule has 2 heterocycles. The second kappa shape index (κ2) is 7.62. The highest BCUT2D eigenvalue weighted by atomic mass is 16.6. The molecule has 2 aromatic carbocycles. The standard InChI is InChI=1S/C21H23N3O2/c1-16(19-6-7-20-21(13-19)26-11-10-25-20)22-14-17-4-2-5-18(12-17)15-24-9-3-8-23-24/h2-9,12-13,16,22H,10-11,14-15H2,1H3. The fourth-order valence-electron chi connectivity index (χ4n) is 3.14. The third-order valence-electron chi connectivity index (χ3n) is 4.57. The molecule has 26 heavy (non-hydrogen) atoms. The number of rotatable bonds is 6. The Morgan fingerprint density at radius 1 is 1.04 bits per heavy atom. The average Bonchev–Trinajstić information content (AvgIpc) is 3.19. The van der Waals surface area contributed by atoms with Gasteiger partial charge in [0.1, 0.15) is 13.2 Å². The van der Waals surface area contributed by atoms with Crippen molar-refractivity contribution < 1.29 is 9.47 Å². The van der Waals surface area contributed by atoms with Gasteiger partial charge in [-0.25, -0.2) is 0 Å². The number of ether oxygens (including phenoxy) is 2. The minimum Gasteiger partial charge on any atom is -0.486 e. The number of benzene rings is 2. The molecule has 1 aliphatic heterocycles. The summed E-state index contributed by atoms with van der Waals surface area (Å²) in [5, 5.41) is 7.86. The first kappa shape index (κ1) is 16.7. The van der Waals surface area contributed by atoms with Gasteiger partial charge >= 0.3 is 0 Å². The summed E-state index contributed by atoms with van der Waals surface area (Å²) in [7, 11) is 0. The van der Waals surface area contributed by atoms with E-state index in [-0.39, 0.29) is 6.04 Å². The molecule has 134 valence electrons. The van der Waals surface area contributed by atoms with Crippen LogP contribution in [-0.2, 0) is 13.1 Å². The summed E-state index contributed by atoms with van der Waals surface area (Å²) >= 11 is 0.